The highest BCUT2D eigenvalue weighted by Gasteiger charge is 2.36. The van der Waals surface area contributed by atoms with E-state index in [2.05, 4.69) is 0 Å². The number of carbonyl (C=O) groups excluding carboxylic acids is 3. The van der Waals surface area contributed by atoms with Gasteiger partial charge in [0, 0.05) is 6.54 Å². The number of imide groups is 1. The molecule has 0 aromatic heterocycles. The molecule has 174 valence electrons. The minimum absolute atomic E-state index is 0.0312. The first-order chi connectivity index (χ1) is 16.3. The molecule has 0 aliphatic carbocycles. The van der Waals surface area contributed by atoms with Crippen LogP contribution in [0.3, 0.4) is 0 Å². The molecule has 1 aliphatic heterocycles. The number of hydrogen-bond donors (Lipinski definition) is 2. The molecule has 1 unspecified atom stereocenters. The predicted octanol–water partition coefficient (Wildman–Crippen LogP) is 2.94. The first-order valence-corrected chi connectivity index (χ1v) is 12.2. The van der Waals surface area contributed by atoms with E-state index in [9.17, 15) is 22.8 Å². The summed E-state index contributed by atoms with van der Waals surface area (Å²) in [5.74, 6) is -3.66. The number of nitrogens with zero attached hydrogens (tertiary/aromatic N) is 1. The van der Waals surface area contributed by atoms with Crippen molar-refractivity contribution in [3.63, 3.8) is 0 Å². The Morgan fingerprint density at radius 1 is 0.824 bits per heavy atom. The van der Waals surface area contributed by atoms with Crippen LogP contribution in [0.25, 0.3) is 11.1 Å². The number of nitrogens with one attached hydrogen (secondary N) is 1. The molecule has 3 aromatic rings. The maximum Gasteiger partial charge on any atom is 0.261 e. The molecule has 1 heterocycles. The third-order valence-electron chi connectivity index (χ3n) is 5.80. The van der Waals surface area contributed by atoms with E-state index in [0.717, 1.165) is 16.0 Å². The van der Waals surface area contributed by atoms with E-state index >= 15 is 0 Å². The summed E-state index contributed by atoms with van der Waals surface area (Å²) in [4.78, 5) is 38.4. The van der Waals surface area contributed by atoms with Crippen molar-refractivity contribution in [3.8, 4) is 11.1 Å². The molecular weight excluding hydrogens is 456 g/mol. The molecule has 3 aromatic carbocycles. The van der Waals surface area contributed by atoms with Crippen molar-refractivity contribution in [3.05, 3.63) is 90.0 Å². The molecule has 8 nitrogen and oxygen atoms in total. The van der Waals surface area contributed by atoms with Gasteiger partial charge in [-0.2, -0.15) is 0 Å². The van der Waals surface area contributed by atoms with Crippen LogP contribution in [0.5, 0.6) is 0 Å². The lowest BCUT2D eigenvalue weighted by molar-refractivity contribution is -0.133. The van der Waals surface area contributed by atoms with E-state index in [-0.39, 0.29) is 29.0 Å². The van der Waals surface area contributed by atoms with E-state index in [1.54, 1.807) is 24.3 Å². The number of benzene rings is 3. The topological polar surface area (TPSA) is 121 Å². The van der Waals surface area contributed by atoms with Crippen LogP contribution < -0.4 is 5.48 Å². The third-order valence-corrected chi connectivity index (χ3v) is 7.63. The van der Waals surface area contributed by atoms with E-state index in [0.29, 0.717) is 0 Å². The second-order valence-electron chi connectivity index (χ2n) is 7.94. The molecule has 3 amide bonds. The number of hydroxylamine groups is 1. The minimum atomic E-state index is -3.90. The lowest BCUT2D eigenvalue weighted by Crippen LogP contribution is -2.37. The average molecular weight is 479 g/mol. The van der Waals surface area contributed by atoms with Crippen molar-refractivity contribution >= 4 is 27.6 Å². The van der Waals surface area contributed by atoms with E-state index in [4.69, 9.17) is 5.21 Å². The van der Waals surface area contributed by atoms with Gasteiger partial charge in [-0.05, 0) is 41.8 Å². The third kappa shape index (κ3) is 4.61. The smallest absolute Gasteiger partial charge is 0.261 e. The number of hydrogen-bond acceptors (Lipinski definition) is 6. The van der Waals surface area contributed by atoms with Crippen LogP contribution in [-0.2, 0) is 14.6 Å². The zero-order valence-electron chi connectivity index (χ0n) is 18.0. The maximum atomic E-state index is 13.0. The summed E-state index contributed by atoms with van der Waals surface area (Å²) in [6.45, 7) is -0.160. The fourth-order valence-corrected chi connectivity index (χ4v) is 5.55. The monoisotopic (exact) mass is 478 g/mol. The molecule has 2 N–H and O–H groups in total. The Hall–Kier alpha value is -3.82. The van der Waals surface area contributed by atoms with Gasteiger partial charge in [-0.3, -0.25) is 24.5 Å². The van der Waals surface area contributed by atoms with Gasteiger partial charge < -0.3 is 0 Å². The first-order valence-electron chi connectivity index (χ1n) is 10.6. The molecule has 4 rings (SSSR count). The van der Waals surface area contributed by atoms with Crippen LogP contribution in [0.4, 0.5) is 0 Å². The van der Waals surface area contributed by atoms with Crippen LogP contribution in [0.1, 0.15) is 27.1 Å². The van der Waals surface area contributed by atoms with Crippen molar-refractivity contribution in [1.82, 2.24) is 10.4 Å². The van der Waals surface area contributed by atoms with Crippen LogP contribution >= 0.6 is 0 Å². The fraction of sp³-hybridized carbons (Fsp3) is 0.160. The molecule has 0 saturated carbocycles. The summed E-state index contributed by atoms with van der Waals surface area (Å²) in [5.41, 5.74) is 3.80. The van der Waals surface area contributed by atoms with Gasteiger partial charge in [0.1, 0.15) is 0 Å². The number of amides is 3. The Bertz CT molecular complexity index is 1300. The normalized spacial score (nSPS) is 14.1. The molecule has 0 fully saturated rings. The molecule has 0 spiro atoms. The lowest BCUT2D eigenvalue weighted by Gasteiger charge is -2.19. The molecule has 0 radical (unpaired) electrons. The first kappa shape index (κ1) is 23.3. The minimum Gasteiger partial charge on any atom is -0.289 e. The quantitative estimate of drug-likeness (QED) is 0.292. The Labute approximate surface area is 196 Å². The highest BCUT2D eigenvalue weighted by Crippen LogP contribution is 2.25. The van der Waals surface area contributed by atoms with Crippen molar-refractivity contribution in [1.29, 1.82) is 0 Å². The molecule has 34 heavy (non-hydrogen) atoms. The van der Waals surface area contributed by atoms with Gasteiger partial charge in [0.25, 0.3) is 11.8 Å². The van der Waals surface area contributed by atoms with Gasteiger partial charge in [0.15, 0.2) is 9.84 Å². The zero-order valence-corrected chi connectivity index (χ0v) is 18.9. The highest BCUT2D eigenvalue weighted by atomic mass is 32.2. The van der Waals surface area contributed by atoms with Crippen molar-refractivity contribution in [2.45, 2.75) is 11.3 Å². The van der Waals surface area contributed by atoms with E-state index < -0.39 is 39.2 Å². The summed E-state index contributed by atoms with van der Waals surface area (Å²) < 4.78 is 26.0. The second-order valence-corrected chi connectivity index (χ2v) is 9.98. The van der Waals surface area contributed by atoms with Crippen LogP contribution in [0.2, 0.25) is 0 Å². The molecule has 9 heteroatoms. The van der Waals surface area contributed by atoms with Crippen molar-refractivity contribution in [2.24, 2.45) is 5.92 Å². The zero-order chi connectivity index (χ0) is 24.3. The number of carbonyl (C=O) groups is 3. The number of fused-ring (bicyclic) bond motifs is 1. The second kappa shape index (κ2) is 9.58. The summed E-state index contributed by atoms with van der Waals surface area (Å²) in [6, 6.07) is 22.1. The van der Waals surface area contributed by atoms with Crippen molar-refractivity contribution in [2.75, 3.05) is 12.3 Å². The van der Waals surface area contributed by atoms with Gasteiger partial charge in [0.2, 0.25) is 5.91 Å². The van der Waals surface area contributed by atoms with Gasteiger partial charge in [-0.15, -0.1) is 0 Å². The van der Waals surface area contributed by atoms with Crippen LogP contribution in [-0.4, -0.2) is 48.5 Å². The number of sulfone groups is 1. The van der Waals surface area contributed by atoms with Crippen molar-refractivity contribution < 1.29 is 28.0 Å². The molecule has 1 atom stereocenters. The molecular formula is C25H22N2O6S. The van der Waals surface area contributed by atoms with E-state index in [1.165, 1.54) is 29.7 Å². The Morgan fingerprint density at radius 3 is 1.91 bits per heavy atom. The standard InChI is InChI=1S/C25H22N2O6S/c28-23(26-31)19(14-15-27-24(29)21-8-4-5-9-22(21)25(27)30)16-34(32,33)20-12-10-18(11-13-20)17-6-2-1-3-7-17/h1-13,19,31H,14-16H2,(H,26,28). The Kier molecular flexibility index (Phi) is 6.58. The fourth-order valence-electron chi connectivity index (χ4n) is 3.95. The highest BCUT2D eigenvalue weighted by molar-refractivity contribution is 7.91. The SMILES string of the molecule is O=C(NO)C(CCN1C(=O)c2ccccc2C1=O)CS(=O)(=O)c1ccc(-c2ccccc2)cc1. The molecule has 1 aliphatic rings. The van der Waals surface area contributed by atoms with Crippen LogP contribution in [0, 0.1) is 5.92 Å². The molecule has 0 bridgehead atoms. The van der Waals surface area contributed by atoms with E-state index in [1.807, 2.05) is 30.3 Å². The predicted molar refractivity (Wildman–Crippen MR) is 124 cm³/mol. The molecule has 0 saturated heterocycles. The summed E-state index contributed by atoms with van der Waals surface area (Å²) in [5, 5.41) is 9.13. The largest absolute Gasteiger partial charge is 0.289 e. The van der Waals surface area contributed by atoms with Gasteiger partial charge in [-0.25, -0.2) is 13.9 Å². The van der Waals surface area contributed by atoms with Gasteiger partial charge >= 0.3 is 0 Å². The average Bonchev–Trinajstić information content (AvgIpc) is 3.11. The van der Waals surface area contributed by atoms with Gasteiger partial charge in [0.05, 0.1) is 27.7 Å². The number of rotatable bonds is 8. The Balaban J connectivity index is 1.48. The van der Waals surface area contributed by atoms with Gasteiger partial charge in [-0.1, -0.05) is 54.6 Å². The lowest BCUT2D eigenvalue weighted by atomic mass is 10.1. The summed E-state index contributed by atoms with van der Waals surface area (Å²) in [7, 11) is -3.90. The summed E-state index contributed by atoms with van der Waals surface area (Å²) >= 11 is 0. The summed E-state index contributed by atoms with van der Waals surface area (Å²) in [6.07, 6.45) is -0.126. The Morgan fingerprint density at radius 2 is 1.35 bits per heavy atom. The maximum absolute atomic E-state index is 13.0. The van der Waals surface area contributed by atoms with Crippen LogP contribution in [0.15, 0.2) is 83.8 Å².